The van der Waals surface area contributed by atoms with E-state index in [1.54, 1.807) is 30.3 Å². The van der Waals surface area contributed by atoms with E-state index in [2.05, 4.69) is 0 Å². The van der Waals surface area contributed by atoms with E-state index >= 15 is 0 Å². The molecule has 0 aliphatic heterocycles. The van der Waals surface area contributed by atoms with Crippen molar-refractivity contribution >= 4 is 0 Å². The number of alkyl halides is 3. The van der Waals surface area contributed by atoms with Gasteiger partial charge in [-0.1, -0.05) is 48.5 Å². The van der Waals surface area contributed by atoms with Crippen molar-refractivity contribution in [2.24, 2.45) is 0 Å². The van der Waals surface area contributed by atoms with Gasteiger partial charge in [0, 0.05) is 0 Å². The van der Waals surface area contributed by atoms with Crippen LogP contribution in [0, 0.1) is 0 Å². The molecule has 1 nitrogen and oxygen atoms in total. The lowest BCUT2D eigenvalue weighted by Crippen LogP contribution is -2.13. The van der Waals surface area contributed by atoms with Crippen molar-refractivity contribution in [3.8, 4) is 11.1 Å². The van der Waals surface area contributed by atoms with Crippen LogP contribution in [0.2, 0.25) is 0 Å². The van der Waals surface area contributed by atoms with Crippen LogP contribution in [-0.4, -0.2) is 5.11 Å². The van der Waals surface area contributed by atoms with Crippen LogP contribution in [0.25, 0.3) is 11.1 Å². The standard InChI is InChI=1S/C15H13F3O/c1-10(19)12-8-5-9-13(14(12)15(16,17)18)11-6-3-2-4-7-11/h2-10,19H,1H3. The first-order valence-corrected chi connectivity index (χ1v) is 5.85. The smallest absolute Gasteiger partial charge is 0.389 e. The molecule has 0 amide bonds. The van der Waals surface area contributed by atoms with Crippen molar-refractivity contribution in [3.63, 3.8) is 0 Å². The lowest BCUT2D eigenvalue weighted by molar-refractivity contribution is -0.138. The summed E-state index contributed by atoms with van der Waals surface area (Å²) in [5.41, 5.74) is -0.297. The third-order valence-electron chi connectivity index (χ3n) is 2.92. The summed E-state index contributed by atoms with van der Waals surface area (Å²) in [5, 5.41) is 9.54. The number of rotatable bonds is 2. The largest absolute Gasteiger partial charge is 0.417 e. The Kier molecular flexibility index (Phi) is 3.62. The molecule has 2 aromatic carbocycles. The molecule has 0 aliphatic rings. The number of benzene rings is 2. The Morgan fingerprint density at radius 1 is 0.947 bits per heavy atom. The minimum atomic E-state index is -4.50. The first-order chi connectivity index (χ1) is 8.91. The third-order valence-corrected chi connectivity index (χ3v) is 2.92. The summed E-state index contributed by atoms with van der Waals surface area (Å²) in [6.07, 6.45) is -5.67. The fraction of sp³-hybridized carbons (Fsp3) is 0.200. The molecule has 0 aromatic heterocycles. The maximum atomic E-state index is 13.2. The van der Waals surface area contributed by atoms with Crippen molar-refractivity contribution in [2.75, 3.05) is 0 Å². The lowest BCUT2D eigenvalue weighted by Gasteiger charge is -2.19. The summed E-state index contributed by atoms with van der Waals surface area (Å²) < 4.78 is 39.7. The van der Waals surface area contributed by atoms with E-state index in [1.165, 1.54) is 25.1 Å². The van der Waals surface area contributed by atoms with Crippen molar-refractivity contribution < 1.29 is 18.3 Å². The molecule has 0 spiro atoms. The molecule has 0 fully saturated rings. The van der Waals surface area contributed by atoms with Gasteiger partial charge < -0.3 is 5.11 Å². The highest BCUT2D eigenvalue weighted by molar-refractivity contribution is 5.69. The Balaban J connectivity index is 2.72. The van der Waals surface area contributed by atoms with Crippen LogP contribution in [0.3, 0.4) is 0 Å². The first kappa shape index (κ1) is 13.6. The highest BCUT2D eigenvalue weighted by atomic mass is 19.4. The zero-order chi connectivity index (χ0) is 14.0. The number of hydrogen-bond donors (Lipinski definition) is 1. The Labute approximate surface area is 109 Å². The number of hydrogen-bond acceptors (Lipinski definition) is 1. The molecule has 0 saturated heterocycles. The van der Waals surface area contributed by atoms with E-state index in [-0.39, 0.29) is 11.1 Å². The molecule has 1 N–H and O–H groups in total. The predicted molar refractivity (Wildman–Crippen MR) is 67.5 cm³/mol. The molecule has 19 heavy (non-hydrogen) atoms. The molecule has 0 radical (unpaired) electrons. The van der Waals surface area contributed by atoms with Crippen molar-refractivity contribution in [1.82, 2.24) is 0 Å². The van der Waals surface area contributed by atoms with Gasteiger partial charge in [0.05, 0.1) is 11.7 Å². The summed E-state index contributed by atoms with van der Waals surface area (Å²) in [6.45, 7) is 1.33. The van der Waals surface area contributed by atoms with Crippen LogP contribution in [0.4, 0.5) is 13.2 Å². The molecule has 0 saturated carbocycles. The number of aliphatic hydroxyl groups excluding tert-OH is 1. The summed E-state index contributed by atoms with van der Waals surface area (Å²) in [7, 11) is 0. The summed E-state index contributed by atoms with van der Waals surface area (Å²) in [4.78, 5) is 0. The van der Waals surface area contributed by atoms with Crippen LogP contribution < -0.4 is 0 Å². The molecule has 1 atom stereocenters. The van der Waals surface area contributed by atoms with E-state index in [9.17, 15) is 18.3 Å². The van der Waals surface area contributed by atoms with E-state index in [0.717, 1.165) is 0 Å². The quantitative estimate of drug-likeness (QED) is 0.852. The van der Waals surface area contributed by atoms with Crippen molar-refractivity contribution in [3.05, 3.63) is 59.7 Å². The maximum absolute atomic E-state index is 13.2. The van der Waals surface area contributed by atoms with E-state index in [0.29, 0.717) is 5.56 Å². The lowest BCUT2D eigenvalue weighted by atomic mass is 9.93. The van der Waals surface area contributed by atoms with E-state index in [4.69, 9.17) is 0 Å². The summed E-state index contributed by atoms with van der Waals surface area (Å²) in [5.74, 6) is 0. The monoisotopic (exact) mass is 266 g/mol. The Morgan fingerprint density at radius 3 is 2.11 bits per heavy atom. The average molecular weight is 266 g/mol. The molecular weight excluding hydrogens is 253 g/mol. The van der Waals surface area contributed by atoms with Gasteiger partial charge in [0.25, 0.3) is 0 Å². The van der Waals surface area contributed by atoms with Gasteiger partial charge in [-0.15, -0.1) is 0 Å². The highest BCUT2D eigenvalue weighted by Crippen LogP contribution is 2.41. The zero-order valence-electron chi connectivity index (χ0n) is 10.3. The molecule has 2 rings (SSSR count). The Hall–Kier alpha value is -1.81. The topological polar surface area (TPSA) is 20.2 Å². The minimum absolute atomic E-state index is 0.0894. The highest BCUT2D eigenvalue weighted by Gasteiger charge is 2.37. The second-order valence-electron chi connectivity index (χ2n) is 4.31. The van der Waals surface area contributed by atoms with E-state index < -0.39 is 17.8 Å². The second-order valence-corrected chi connectivity index (χ2v) is 4.31. The van der Waals surface area contributed by atoms with Gasteiger partial charge in [0.1, 0.15) is 0 Å². The fourth-order valence-electron chi connectivity index (χ4n) is 2.09. The Bertz CT molecular complexity index is 559. The Morgan fingerprint density at radius 2 is 1.58 bits per heavy atom. The average Bonchev–Trinajstić information content (AvgIpc) is 2.38. The SMILES string of the molecule is CC(O)c1cccc(-c2ccccc2)c1C(F)(F)F. The second kappa shape index (κ2) is 5.05. The number of halogens is 3. The van der Waals surface area contributed by atoms with Crippen LogP contribution in [0.5, 0.6) is 0 Å². The molecule has 0 aliphatic carbocycles. The molecule has 0 heterocycles. The molecule has 1 unspecified atom stereocenters. The number of aliphatic hydroxyl groups is 1. The summed E-state index contributed by atoms with van der Waals surface area (Å²) in [6, 6.07) is 12.6. The molecule has 4 heteroatoms. The first-order valence-electron chi connectivity index (χ1n) is 5.85. The molecular formula is C15H13F3O. The minimum Gasteiger partial charge on any atom is -0.389 e. The van der Waals surface area contributed by atoms with Gasteiger partial charge in [-0.2, -0.15) is 13.2 Å². The van der Waals surface area contributed by atoms with Gasteiger partial charge in [-0.05, 0) is 23.6 Å². The van der Waals surface area contributed by atoms with Gasteiger partial charge in [-0.25, -0.2) is 0 Å². The maximum Gasteiger partial charge on any atom is 0.417 e. The van der Waals surface area contributed by atoms with Gasteiger partial charge >= 0.3 is 6.18 Å². The van der Waals surface area contributed by atoms with E-state index in [1.807, 2.05) is 0 Å². The molecule has 2 aromatic rings. The normalized spacial score (nSPS) is 13.3. The van der Waals surface area contributed by atoms with Gasteiger partial charge in [-0.3, -0.25) is 0 Å². The third kappa shape index (κ3) is 2.79. The van der Waals surface area contributed by atoms with Crippen LogP contribution in [-0.2, 0) is 6.18 Å². The zero-order valence-corrected chi connectivity index (χ0v) is 10.3. The van der Waals surface area contributed by atoms with Crippen LogP contribution in [0.15, 0.2) is 48.5 Å². The fourth-order valence-corrected chi connectivity index (χ4v) is 2.09. The van der Waals surface area contributed by atoms with Gasteiger partial charge in [0.2, 0.25) is 0 Å². The summed E-state index contributed by atoms with van der Waals surface area (Å²) >= 11 is 0. The molecule has 0 bridgehead atoms. The molecule has 100 valence electrons. The van der Waals surface area contributed by atoms with Gasteiger partial charge in [0.15, 0.2) is 0 Å². The van der Waals surface area contributed by atoms with Crippen molar-refractivity contribution in [2.45, 2.75) is 19.2 Å². The van der Waals surface area contributed by atoms with Crippen LogP contribution in [0.1, 0.15) is 24.2 Å². The van der Waals surface area contributed by atoms with Crippen molar-refractivity contribution in [1.29, 1.82) is 0 Å². The van der Waals surface area contributed by atoms with Crippen LogP contribution >= 0.6 is 0 Å². The predicted octanol–water partition coefficient (Wildman–Crippen LogP) is 4.43.